The predicted octanol–water partition coefficient (Wildman–Crippen LogP) is 4.88. The lowest BCUT2D eigenvalue weighted by molar-refractivity contribution is 0.0677. The fourth-order valence-corrected chi connectivity index (χ4v) is 3.68. The second-order valence-corrected chi connectivity index (χ2v) is 13.3. The quantitative estimate of drug-likeness (QED) is 0.476. The first-order valence-electron chi connectivity index (χ1n) is 9.64. The standard InChI is InChI=1S/C21H32N2O4Si/c1-16-19(26-15-17-11-8-7-9-12-17)18(20(24)25)23(22-16)13-10-14-27-28(5,6)21(2,3)4/h7-9,11-12H,10,13-15H2,1-6H3,(H,24,25). The summed E-state index contributed by atoms with van der Waals surface area (Å²) in [6, 6.07) is 9.67. The summed E-state index contributed by atoms with van der Waals surface area (Å²) in [6.45, 7) is 14.2. The summed E-state index contributed by atoms with van der Waals surface area (Å²) in [5.74, 6) is -0.698. The third kappa shape index (κ3) is 5.45. The number of hydrogen-bond donors (Lipinski definition) is 1. The Balaban J connectivity index is 2.04. The van der Waals surface area contributed by atoms with Crippen molar-refractivity contribution in [2.75, 3.05) is 6.61 Å². The van der Waals surface area contributed by atoms with Gasteiger partial charge in [0.1, 0.15) is 12.3 Å². The fraction of sp³-hybridized carbons (Fsp3) is 0.524. The van der Waals surface area contributed by atoms with Gasteiger partial charge in [0, 0.05) is 13.2 Å². The number of rotatable bonds is 9. The molecule has 154 valence electrons. The normalized spacial score (nSPS) is 12.2. The van der Waals surface area contributed by atoms with Crippen LogP contribution in [0.5, 0.6) is 5.75 Å². The highest BCUT2D eigenvalue weighted by Crippen LogP contribution is 2.36. The molecule has 0 aliphatic heterocycles. The molecule has 0 atom stereocenters. The number of ether oxygens (including phenoxy) is 1. The minimum absolute atomic E-state index is 0.0979. The van der Waals surface area contributed by atoms with Crippen molar-refractivity contribution < 1.29 is 19.1 Å². The van der Waals surface area contributed by atoms with Crippen LogP contribution in [0.2, 0.25) is 18.1 Å². The summed E-state index contributed by atoms with van der Waals surface area (Å²) in [4.78, 5) is 11.8. The zero-order valence-corrected chi connectivity index (χ0v) is 18.8. The number of hydrogen-bond acceptors (Lipinski definition) is 4. The van der Waals surface area contributed by atoms with E-state index in [4.69, 9.17) is 9.16 Å². The minimum atomic E-state index is -1.81. The van der Waals surface area contributed by atoms with E-state index in [1.54, 1.807) is 6.92 Å². The highest BCUT2D eigenvalue weighted by Gasteiger charge is 2.36. The van der Waals surface area contributed by atoms with Gasteiger partial charge in [0.15, 0.2) is 19.8 Å². The summed E-state index contributed by atoms with van der Waals surface area (Å²) in [5.41, 5.74) is 1.66. The average molecular weight is 405 g/mol. The molecular formula is C21H32N2O4Si. The number of carboxylic acid groups (broad SMARTS) is 1. The van der Waals surface area contributed by atoms with E-state index in [1.165, 1.54) is 4.68 Å². The van der Waals surface area contributed by atoms with Crippen molar-refractivity contribution in [3.05, 3.63) is 47.3 Å². The fourth-order valence-electron chi connectivity index (χ4n) is 2.60. The smallest absolute Gasteiger partial charge is 0.358 e. The van der Waals surface area contributed by atoms with E-state index in [0.29, 0.717) is 37.6 Å². The average Bonchev–Trinajstić information content (AvgIpc) is 2.92. The van der Waals surface area contributed by atoms with Crippen molar-refractivity contribution in [3.8, 4) is 5.75 Å². The summed E-state index contributed by atoms with van der Waals surface area (Å²) < 4.78 is 13.5. The number of nitrogens with zero attached hydrogens (tertiary/aromatic N) is 2. The van der Waals surface area contributed by atoms with Crippen LogP contribution in [0.15, 0.2) is 30.3 Å². The molecular weight excluding hydrogens is 372 g/mol. The molecule has 0 bridgehead atoms. The van der Waals surface area contributed by atoms with Gasteiger partial charge >= 0.3 is 5.97 Å². The van der Waals surface area contributed by atoms with Crippen molar-refractivity contribution in [1.29, 1.82) is 0 Å². The minimum Gasteiger partial charge on any atom is -0.484 e. The van der Waals surface area contributed by atoms with Crippen LogP contribution in [0, 0.1) is 6.92 Å². The van der Waals surface area contributed by atoms with E-state index in [9.17, 15) is 9.90 Å². The molecule has 0 aliphatic carbocycles. The molecule has 0 amide bonds. The molecule has 0 saturated heterocycles. The maximum absolute atomic E-state index is 11.8. The second-order valence-electron chi connectivity index (χ2n) is 8.53. The molecule has 1 aromatic heterocycles. The van der Waals surface area contributed by atoms with Gasteiger partial charge in [-0.25, -0.2) is 4.79 Å². The molecule has 0 unspecified atom stereocenters. The zero-order chi connectivity index (χ0) is 20.9. The van der Waals surface area contributed by atoms with Crippen LogP contribution in [0.25, 0.3) is 0 Å². The van der Waals surface area contributed by atoms with Crippen molar-refractivity contribution in [1.82, 2.24) is 9.78 Å². The highest BCUT2D eigenvalue weighted by molar-refractivity contribution is 6.74. The molecule has 0 fully saturated rings. The Bertz CT molecular complexity index is 795. The van der Waals surface area contributed by atoms with Gasteiger partial charge in [-0.1, -0.05) is 51.1 Å². The lowest BCUT2D eigenvalue weighted by Crippen LogP contribution is -2.41. The van der Waals surface area contributed by atoms with E-state index in [1.807, 2.05) is 30.3 Å². The summed E-state index contributed by atoms with van der Waals surface area (Å²) >= 11 is 0. The Morgan fingerprint density at radius 1 is 1.21 bits per heavy atom. The highest BCUT2D eigenvalue weighted by atomic mass is 28.4. The van der Waals surface area contributed by atoms with Crippen LogP contribution in [0.4, 0.5) is 0 Å². The number of aromatic nitrogens is 2. The molecule has 1 N–H and O–H groups in total. The molecule has 0 saturated carbocycles. The molecule has 2 aromatic rings. The van der Waals surface area contributed by atoms with E-state index in [2.05, 4.69) is 39.0 Å². The lowest BCUT2D eigenvalue weighted by atomic mass is 10.2. The largest absolute Gasteiger partial charge is 0.484 e. The van der Waals surface area contributed by atoms with Gasteiger partial charge in [0.25, 0.3) is 0 Å². The van der Waals surface area contributed by atoms with Gasteiger partial charge < -0.3 is 14.3 Å². The van der Waals surface area contributed by atoms with Gasteiger partial charge in [-0.15, -0.1) is 0 Å². The van der Waals surface area contributed by atoms with Crippen molar-refractivity contribution in [3.63, 3.8) is 0 Å². The summed E-state index contributed by atoms with van der Waals surface area (Å²) in [5, 5.41) is 14.2. The lowest BCUT2D eigenvalue weighted by Gasteiger charge is -2.36. The molecule has 28 heavy (non-hydrogen) atoms. The maximum Gasteiger partial charge on any atom is 0.358 e. The van der Waals surface area contributed by atoms with E-state index >= 15 is 0 Å². The van der Waals surface area contributed by atoms with Gasteiger partial charge in [-0.3, -0.25) is 4.68 Å². The Kier molecular flexibility index (Phi) is 7.06. The monoisotopic (exact) mass is 404 g/mol. The predicted molar refractivity (Wildman–Crippen MR) is 112 cm³/mol. The Hall–Kier alpha value is -2.12. The number of aryl methyl sites for hydroxylation is 2. The van der Waals surface area contributed by atoms with Crippen LogP contribution in [0.3, 0.4) is 0 Å². The number of benzene rings is 1. The molecule has 2 rings (SSSR count). The van der Waals surface area contributed by atoms with Crippen molar-refractivity contribution in [2.24, 2.45) is 0 Å². The van der Waals surface area contributed by atoms with Crippen LogP contribution in [-0.4, -0.2) is 35.8 Å². The summed E-state index contributed by atoms with van der Waals surface area (Å²) in [7, 11) is -1.81. The number of carboxylic acids is 1. The van der Waals surface area contributed by atoms with Crippen LogP contribution < -0.4 is 4.74 Å². The molecule has 1 heterocycles. The van der Waals surface area contributed by atoms with E-state index in [0.717, 1.165) is 5.56 Å². The van der Waals surface area contributed by atoms with Crippen LogP contribution in [-0.2, 0) is 17.6 Å². The molecule has 1 aromatic carbocycles. The second kappa shape index (κ2) is 8.92. The van der Waals surface area contributed by atoms with E-state index < -0.39 is 14.3 Å². The van der Waals surface area contributed by atoms with Gasteiger partial charge in [0.05, 0.1) is 0 Å². The first-order valence-corrected chi connectivity index (χ1v) is 12.5. The number of aromatic carboxylic acids is 1. The molecule has 6 nitrogen and oxygen atoms in total. The first kappa shape index (κ1) is 22.2. The molecule has 0 spiro atoms. The summed E-state index contributed by atoms with van der Waals surface area (Å²) in [6.07, 6.45) is 0.700. The first-order chi connectivity index (χ1) is 13.0. The van der Waals surface area contributed by atoms with Gasteiger partial charge in [-0.05, 0) is 37.0 Å². The topological polar surface area (TPSA) is 73.6 Å². The van der Waals surface area contributed by atoms with Crippen LogP contribution >= 0.6 is 0 Å². The Morgan fingerprint density at radius 3 is 2.43 bits per heavy atom. The molecule has 7 heteroatoms. The van der Waals surface area contributed by atoms with E-state index in [-0.39, 0.29) is 10.7 Å². The van der Waals surface area contributed by atoms with Gasteiger partial charge in [0.2, 0.25) is 0 Å². The Labute approximate surface area is 168 Å². The molecule has 0 aliphatic rings. The van der Waals surface area contributed by atoms with Gasteiger partial charge in [-0.2, -0.15) is 5.10 Å². The molecule has 0 radical (unpaired) electrons. The third-order valence-electron chi connectivity index (χ3n) is 5.28. The van der Waals surface area contributed by atoms with Crippen molar-refractivity contribution >= 4 is 14.3 Å². The van der Waals surface area contributed by atoms with Crippen molar-refractivity contribution in [2.45, 2.75) is 65.4 Å². The Morgan fingerprint density at radius 2 is 1.86 bits per heavy atom. The van der Waals surface area contributed by atoms with Crippen LogP contribution in [0.1, 0.15) is 48.9 Å². The SMILES string of the molecule is Cc1nn(CCCO[Si](C)(C)C(C)(C)C)c(C(=O)O)c1OCc1ccccc1. The number of carbonyl (C=O) groups is 1. The third-order valence-corrected chi connectivity index (χ3v) is 9.82. The zero-order valence-electron chi connectivity index (χ0n) is 17.8. The maximum atomic E-state index is 11.8.